The lowest BCUT2D eigenvalue weighted by molar-refractivity contribution is 0.767. The van der Waals surface area contributed by atoms with E-state index in [-0.39, 0.29) is 0 Å². The van der Waals surface area contributed by atoms with E-state index < -0.39 is 0 Å². The van der Waals surface area contributed by atoms with Crippen LogP contribution in [0.5, 0.6) is 0 Å². The van der Waals surface area contributed by atoms with E-state index in [2.05, 4.69) is 46.5 Å². The number of rotatable bonds is 7. The van der Waals surface area contributed by atoms with Gasteiger partial charge in [-0.1, -0.05) is 20.8 Å². The zero-order chi connectivity index (χ0) is 15.2. The standard InChI is InChI=1S/C15H24N6/c1-5-6-16-14-13(11(2)3)15(19-10-18-14)17-7-12-8-20-21(4)9-12/h8-11H,5-7H2,1-4H3,(H2,16,17,18,19). The minimum atomic E-state index is 0.349. The third-order valence-electron chi connectivity index (χ3n) is 3.22. The van der Waals surface area contributed by atoms with Gasteiger partial charge in [0.25, 0.3) is 0 Å². The third-order valence-corrected chi connectivity index (χ3v) is 3.22. The number of nitrogens with one attached hydrogen (secondary N) is 2. The molecule has 2 aromatic rings. The maximum absolute atomic E-state index is 4.40. The van der Waals surface area contributed by atoms with Gasteiger partial charge in [-0.05, 0) is 12.3 Å². The van der Waals surface area contributed by atoms with Crippen molar-refractivity contribution in [3.05, 3.63) is 29.8 Å². The molecule has 2 rings (SSSR count). The van der Waals surface area contributed by atoms with Crippen LogP contribution in [0.15, 0.2) is 18.7 Å². The molecule has 0 aliphatic carbocycles. The molecule has 6 heteroatoms. The molecule has 2 heterocycles. The van der Waals surface area contributed by atoms with Crippen LogP contribution in [0, 0.1) is 0 Å². The van der Waals surface area contributed by atoms with E-state index in [0.717, 1.165) is 35.7 Å². The highest BCUT2D eigenvalue weighted by atomic mass is 15.2. The summed E-state index contributed by atoms with van der Waals surface area (Å²) in [6.45, 7) is 8.08. The molecular formula is C15H24N6. The Balaban J connectivity index is 2.17. The lowest BCUT2D eigenvalue weighted by Gasteiger charge is -2.17. The van der Waals surface area contributed by atoms with Gasteiger partial charge in [-0.2, -0.15) is 5.10 Å². The molecule has 114 valence electrons. The quantitative estimate of drug-likeness (QED) is 0.820. The molecule has 2 aromatic heterocycles. The first kappa shape index (κ1) is 15.3. The smallest absolute Gasteiger partial charge is 0.135 e. The van der Waals surface area contributed by atoms with Crippen LogP contribution in [-0.4, -0.2) is 26.3 Å². The molecule has 0 atom stereocenters. The first-order valence-electron chi connectivity index (χ1n) is 7.42. The second-order valence-corrected chi connectivity index (χ2v) is 5.44. The van der Waals surface area contributed by atoms with Crippen molar-refractivity contribution in [3.8, 4) is 0 Å². The Bertz CT molecular complexity index is 575. The van der Waals surface area contributed by atoms with Gasteiger partial charge < -0.3 is 10.6 Å². The van der Waals surface area contributed by atoms with Crippen molar-refractivity contribution in [3.63, 3.8) is 0 Å². The van der Waals surface area contributed by atoms with Gasteiger partial charge in [0.05, 0.1) is 6.20 Å². The van der Waals surface area contributed by atoms with Crippen LogP contribution in [0.3, 0.4) is 0 Å². The highest BCUT2D eigenvalue weighted by molar-refractivity contribution is 5.59. The zero-order valence-electron chi connectivity index (χ0n) is 13.2. The molecule has 0 spiro atoms. The lowest BCUT2D eigenvalue weighted by Crippen LogP contribution is -2.11. The van der Waals surface area contributed by atoms with Crippen LogP contribution in [0.4, 0.5) is 11.6 Å². The topological polar surface area (TPSA) is 67.7 Å². The highest BCUT2D eigenvalue weighted by Gasteiger charge is 2.14. The van der Waals surface area contributed by atoms with Crippen molar-refractivity contribution in [1.29, 1.82) is 0 Å². The van der Waals surface area contributed by atoms with Gasteiger partial charge in [-0.25, -0.2) is 9.97 Å². The average molecular weight is 288 g/mol. The van der Waals surface area contributed by atoms with Crippen LogP contribution >= 0.6 is 0 Å². The summed E-state index contributed by atoms with van der Waals surface area (Å²) in [7, 11) is 1.92. The summed E-state index contributed by atoms with van der Waals surface area (Å²) in [6.07, 6.45) is 6.54. The first-order valence-corrected chi connectivity index (χ1v) is 7.42. The Hall–Kier alpha value is -2.11. The molecule has 21 heavy (non-hydrogen) atoms. The molecule has 0 saturated heterocycles. The summed E-state index contributed by atoms with van der Waals surface area (Å²) in [4.78, 5) is 8.78. The number of aromatic nitrogens is 4. The Kier molecular flexibility index (Phi) is 5.14. The summed E-state index contributed by atoms with van der Waals surface area (Å²) in [5, 5.41) is 11.0. The van der Waals surface area contributed by atoms with Crippen LogP contribution in [0.2, 0.25) is 0 Å². The first-order chi connectivity index (χ1) is 10.1. The highest BCUT2D eigenvalue weighted by Crippen LogP contribution is 2.28. The van der Waals surface area contributed by atoms with Crippen molar-refractivity contribution >= 4 is 11.6 Å². The summed E-state index contributed by atoms with van der Waals surface area (Å²) < 4.78 is 1.80. The Morgan fingerprint density at radius 1 is 1.19 bits per heavy atom. The minimum Gasteiger partial charge on any atom is -0.370 e. The second kappa shape index (κ2) is 7.06. The zero-order valence-corrected chi connectivity index (χ0v) is 13.2. The largest absolute Gasteiger partial charge is 0.370 e. The van der Waals surface area contributed by atoms with E-state index >= 15 is 0 Å². The molecule has 0 amide bonds. The molecule has 0 fully saturated rings. The fourth-order valence-corrected chi connectivity index (χ4v) is 2.22. The molecule has 0 unspecified atom stereocenters. The summed E-state index contributed by atoms with van der Waals surface area (Å²) in [5.41, 5.74) is 2.27. The lowest BCUT2D eigenvalue weighted by atomic mass is 10.0. The minimum absolute atomic E-state index is 0.349. The van der Waals surface area contributed by atoms with Crippen molar-refractivity contribution in [1.82, 2.24) is 19.7 Å². The molecule has 0 saturated carbocycles. The molecule has 0 bridgehead atoms. The molecule has 0 aliphatic heterocycles. The van der Waals surface area contributed by atoms with Gasteiger partial charge in [-0.15, -0.1) is 0 Å². The number of nitrogens with zero attached hydrogens (tertiary/aromatic N) is 4. The summed E-state index contributed by atoms with van der Waals surface area (Å²) in [6, 6.07) is 0. The fraction of sp³-hybridized carbons (Fsp3) is 0.533. The Labute approximate surface area is 126 Å². The Morgan fingerprint density at radius 3 is 2.48 bits per heavy atom. The van der Waals surface area contributed by atoms with E-state index in [1.54, 1.807) is 11.0 Å². The number of aryl methyl sites for hydroxylation is 1. The van der Waals surface area contributed by atoms with Crippen molar-refractivity contribution < 1.29 is 0 Å². The monoisotopic (exact) mass is 288 g/mol. The summed E-state index contributed by atoms with van der Waals surface area (Å²) in [5.74, 6) is 2.17. The van der Waals surface area contributed by atoms with Crippen molar-refractivity contribution in [2.45, 2.75) is 39.7 Å². The molecule has 0 aliphatic rings. The number of hydrogen-bond donors (Lipinski definition) is 2. The third kappa shape index (κ3) is 3.93. The van der Waals surface area contributed by atoms with E-state index in [9.17, 15) is 0 Å². The van der Waals surface area contributed by atoms with Crippen LogP contribution < -0.4 is 10.6 Å². The predicted octanol–water partition coefficient (Wildman–Crippen LogP) is 2.77. The van der Waals surface area contributed by atoms with Gasteiger partial charge in [-0.3, -0.25) is 4.68 Å². The number of anilines is 2. The number of hydrogen-bond acceptors (Lipinski definition) is 5. The van der Waals surface area contributed by atoms with Gasteiger partial charge in [0, 0.05) is 37.5 Å². The van der Waals surface area contributed by atoms with Crippen LogP contribution in [0.1, 0.15) is 44.2 Å². The SMILES string of the molecule is CCCNc1ncnc(NCc2cnn(C)c2)c1C(C)C. The van der Waals surface area contributed by atoms with Gasteiger partial charge in [0.1, 0.15) is 18.0 Å². The van der Waals surface area contributed by atoms with Gasteiger partial charge in [0.2, 0.25) is 0 Å². The molecular weight excluding hydrogens is 264 g/mol. The van der Waals surface area contributed by atoms with Gasteiger partial charge >= 0.3 is 0 Å². The van der Waals surface area contributed by atoms with Gasteiger partial charge in [0.15, 0.2) is 0 Å². The fourth-order valence-electron chi connectivity index (χ4n) is 2.22. The maximum atomic E-state index is 4.40. The molecule has 2 N–H and O–H groups in total. The predicted molar refractivity (Wildman–Crippen MR) is 85.4 cm³/mol. The Morgan fingerprint density at radius 2 is 1.90 bits per heavy atom. The van der Waals surface area contributed by atoms with E-state index in [4.69, 9.17) is 0 Å². The maximum Gasteiger partial charge on any atom is 0.135 e. The summed E-state index contributed by atoms with van der Waals surface area (Å²) >= 11 is 0. The van der Waals surface area contributed by atoms with Crippen LogP contribution in [0.25, 0.3) is 0 Å². The normalized spacial score (nSPS) is 10.9. The second-order valence-electron chi connectivity index (χ2n) is 5.44. The average Bonchev–Trinajstić information content (AvgIpc) is 2.88. The molecule has 6 nitrogen and oxygen atoms in total. The van der Waals surface area contributed by atoms with Crippen molar-refractivity contribution in [2.75, 3.05) is 17.2 Å². The van der Waals surface area contributed by atoms with E-state index in [1.165, 1.54) is 0 Å². The molecule has 0 aromatic carbocycles. The van der Waals surface area contributed by atoms with Crippen molar-refractivity contribution in [2.24, 2.45) is 7.05 Å². The van der Waals surface area contributed by atoms with E-state index in [1.807, 2.05) is 19.4 Å². The molecule has 0 radical (unpaired) electrons. The van der Waals surface area contributed by atoms with E-state index in [0.29, 0.717) is 12.5 Å². The van der Waals surface area contributed by atoms with Crippen LogP contribution in [-0.2, 0) is 13.6 Å².